The largest absolute Gasteiger partial charge is 0.491 e. The van der Waals surface area contributed by atoms with Gasteiger partial charge < -0.3 is 14.2 Å². The van der Waals surface area contributed by atoms with Gasteiger partial charge in [-0.2, -0.15) is 0 Å². The molecule has 8 heteroatoms. The van der Waals surface area contributed by atoms with Gasteiger partial charge in [-0.3, -0.25) is 0 Å². The lowest BCUT2D eigenvalue weighted by molar-refractivity contribution is 0.0503. The molecule has 0 N–H and O–H groups in total. The van der Waals surface area contributed by atoms with Crippen molar-refractivity contribution in [2.75, 3.05) is 19.8 Å². The smallest absolute Gasteiger partial charge is 0.348 e. The van der Waals surface area contributed by atoms with Crippen molar-refractivity contribution >= 4 is 81.6 Å². The summed E-state index contributed by atoms with van der Waals surface area (Å²) >= 11 is 7.03. The summed E-state index contributed by atoms with van der Waals surface area (Å²) in [5.74, 6) is 1.83. The Kier molecular flexibility index (Phi) is 16.4. The van der Waals surface area contributed by atoms with Crippen molar-refractivity contribution in [1.82, 2.24) is 0 Å². The fourth-order valence-electron chi connectivity index (χ4n) is 6.81. The summed E-state index contributed by atoms with van der Waals surface area (Å²) in [7, 11) is 0. The molecule has 0 saturated heterocycles. The molecule has 0 aliphatic heterocycles. The van der Waals surface area contributed by atoms with E-state index in [2.05, 4.69) is 52.8 Å². The average molecular weight is 769 g/mol. The molecule has 5 aromatic rings. The molecule has 0 atom stereocenters. The van der Waals surface area contributed by atoms with Gasteiger partial charge in [0.15, 0.2) is 0 Å². The molecule has 1 aromatic carbocycles. The number of benzene rings is 1. The van der Waals surface area contributed by atoms with Crippen LogP contribution >= 0.6 is 45.3 Å². The second kappa shape index (κ2) is 20.9. The predicted octanol–water partition coefficient (Wildman–Crippen LogP) is 15.7. The summed E-state index contributed by atoms with van der Waals surface area (Å²) in [5.41, 5.74) is 0. The lowest BCUT2D eigenvalue weighted by Gasteiger charge is -2.14. The number of carbonyl (C=O) groups is 1. The van der Waals surface area contributed by atoms with E-state index >= 15 is 0 Å². The summed E-state index contributed by atoms with van der Waals surface area (Å²) in [6.45, 7) is 13.1. The van der Waals surface area contributed by atoms with Crippen molar-refractivity contribution in [1.29, 1.82) is 0 Å². The Hall–Kier alpha value is -2.13. The van der Waals surface area contributed by atoms with E-state index in [4.69, 9.17) is 14.2 Å². The van der Waals surface area contributed by atoms with Gasteiger partial charge in [0.1, 0.15) is 16.4 Å². The topological polar surface area (TPSA) is 44.8 Å². The van der Waals surface area contributed by atoms with Crippen LogP contribution in [-0.2, 0) is 4.74 Å². The molecular weight excluding hydrogens is 709 g/mol. The van der Waals surface area contributed by atoms with E-state index in [1.54, 1.807) is 11.3 Å². The fraction of sp³-hybridized carbons (Fsp3) is 0.605. The normalized spacial score (nSPS) is 11.8. The minimum Gasteiger partial charge on any atom is -0.491 e. The van der Waals surface area contributed by atoms with Crippen molar-refractivity contribution in [2.45, 2.75) is 150 Å². The van der Waals surface area contributed by atoms with Gasteiger partial charge in [0.25, 0.3) is 0 Å². The monoisotopic (exact) mass is 768 g/mol. The minimum absolute atomic E-state index is 0.192. The third kappa shape index (κ3) is 10.7. The third-order valence-corrected chi connectivity index (χ3v) is 14.5. The quantitative estimate of drug-likeness (QED) is 0.0438. The van der Waals surface area contributed by atoms with Crippen molar-refractivity contribution < 1.29 is 19.0 Å². The molecule has 51 heavy (non-hydrogen) atoms. The molecule has 0 radical (unpaired) electrons. The summed E-state index contributed by atoms with van der Waals surface area (Å²) in [4.78, 5) is 18.8. The Morgan fingerprint density at radius 3 is 1.63 bits per heavy atom. The van der Waals surface area contributed by atoms with E-state index in [0.717, 1.165) is 61.2 Å². The molecule has 0 aliphatic rings. The maximum absolute atomic E-state index is 13.1. The van der Waals surface area contributed by atoms with E-state index in [0.29, 0.717) is 11.5 Å². The summed E-state index contributed by atoms with van der Waals surface area (Å²) in [6, 6.07) is 6.70. The van der Waals surface area contributed by atoms with Crippen molar-refractivity contribution in [3.05, 3.63) is 32.8 Å². The number of ether oxygens (including phenoxy) is 3. The van der Waals surface area contributed by atoms with Crippen LogP contribution < -0.4 is 9.47 Å². The molecule has 4 nitrogen and oxygen atoms in total. The second-order valence-corrected chi connectivity index (χ2v) is 18.7. The van der Waals surface area contributed by atoms with Gasteiger partial charge in [0.2, 0.25) is 0 Å². The molecule has 0 unspecified atom stereocenters. The molecular formula is C43H60O4S4. The lowest BCUT2D eigenvalue weighted by Crippen LogP contribution is -2.04. The molecule has 0 amide bonds. The number of unbranched alkanes of at least 4 members (excludes halogenated alkanes) is 15. The molecule has 5 rings (SSSR count). The van der Waals surface area contributed by atoms with Crippen molar-refractivity contribution in [3.8, 4) is 21.3 Å². The number of hydrogen-bond donors (Lipinski definition) is 0. The van der Waals surface area contributed by atoms with E-state index in [1.165, 1.54) is 129 Å². The molecule has 0 aliphatic carbocycles. The van der Waals surface area contributed by atoms with Crippen LogP contribution in [0.2, 0.25) is 0 Å². The fourth-order valence-corrected chi connectivity index (χ4v) is 11.4. The van der Waals surface area contributed by atoms with E-state index in [9.17, 15) is 4.79 Å². The summed E-state index contributed by atoms with van der Waals surface area (Å²) in [5, 5.41) is 3.49. The Morgan fingerprint density at radius 1 is 0.529 bits per heavy atom. The SMILES string of the molecule is CCCCCCCCOC(=O)c1cc2c(-c3cc4c(OCCCCCCCC)c5sc(C)cc5c(OCCCCCCCC)c4s3)sc(C)c2s1. The van der Waals surface area contributed by atoms with Gasteiger partial charge in [-0.05, 0) is 51.3 Å². The number of fused-ring (bicyclic) bond motifs is 3. The van der Waals surface area contributed by atoms with Crippen LogP contribution in [0.5, 0.6) is 11.5 Å². The van der Waals surface area contributed by atoms with Crippen LogP contribution in [0.1, 0.15) is 156 Å². The van der Waals surface area contributed by atoms with Gasteiger partial charge in [-0.15, -0.1) is 45.3 Å². The highest BCUT2D eigenvalue weighted by molar-refractivity contribution is 7.30. The highest BCUT2D eigenvalue weighted by Gasteiger charge is 2.24. The molecule has 0 fully saturated rings. The maximum atomic E-state index is 13.1. The molecule has 4 aromatic heterocycles. The van der Waals surface area contributed by atoms with Gasteiger partial charge in [0.05, 0.1) is 34.1 Å². The zero-order valence-electron chi connectivity index (χ0n) is 31.8. The standard InChI is InChI=1S/C43H60O4S4/c1-6-9-12-15-18-21-24-45-37-32-27-30(4)48-41(32)38(46-25-22-19-16-13-10-7-2)33-28-35(50-42(33)37)40-34-29-36(51-39(34)31(5)49-40)43(44)47-26-23-20-17-14-11-8-3/h27-29H,6-26H2,1-5H3. The summed E-state index contributed by atoms with van der Waals surface area (Å²) in [6.07, 6.45) is 22.0. The highest BCUT2D eigenvalue weighted by atomic mass is 32.1. The molecule has 4 heterocycles. The second-order valence-electron chi connectivity index (χ2n) is 14.1. The molecule has 0 saturated carbocycles. The first-order valence-corrected chi connectivity index (χ1v) is 23.2. The number of thiophene rings is 4. The number of rotatable bonds is 25. The van der Waals surface area contributed by atoms with E-state index < -0.39 is 0 Å². The van der Waals surface area contributed by atoms with Crippen molar-refractivity contribution in [3.63, 3.8) is 0 Å². The number of carbonyl (C=O) groups excluding carboxylic acids is 1. The Balaban J connectivity index is 1.42. The van der Waals surface area contributed by atoms with Gasteiger partial charge in [-0.25, -0.2) is 4.79 Å². The Labute approximate surface area is 322 Å². The maximum Gasteiger partial charge on any atom is 0.348 e. The first kappa shape index (κ1) is 40.1. The Bertz CT molecular complexity index is 1730. The van der Waals surface area contributed by atoms with Crippen LogP contribution in [0.3, 0.4) is 0 Å². The first-order chi connectivity index (χ1) is 25.0. The molecule has 0 bridgehead atoms. The molecule has 0 spiro atoms. The lowest BCUT2D eigenvalue weighted by atomic mass is 10.1. The number of esters is 1. The van der Waals surface area contributed by atoms with Crippen LogP contribution in [0.25, 0.3) is 40.0 Å². The van der Waals surface area contributed by atoms with Crippen LogP contribution in [0.15, 0.2) is 18.2 Å². The first-order valence-electron chi connectivity index (χ1n) is 19.9. The van der Waals surface area contributed by atoms with E-state index in [1.807, 2.05) is 34.0 Å². The predicted molar refractivity (Wildman–Crippen MR) is 227 cm³/mol. The average Bonchev–Trinajstić information content (AvgIpc) is 3.91. The van der Waals surface area contributed by atoms with Crippen LogP contribution in [0, 0.1) is 13.8 Å². The number of aryl methyl sites for hydroxylation is 2. The van der Waals surface area contributed by atoms with Crippen LogP contribution in [0.4, 0.5) is 0 Å². The highest BCUT2D eigenvalue weighted by Crippen LogP contribution is 2.53. The van der Waals surface area contributed by atoms with Gasteiger partial charge >= 0.3 is 5.97 Å². The van der Waals surface area contributed by atoms with Crippen molar-refractivity contribution in [2.24, 2.45) is 0 Å². The van der Waals surface area contributed by atoms with Gasteiger partial charge in [0, 0.05) is 35.5 Å². The minimum atomic E-state index is -0.192. The number of hydrogen-bond acceptors (Lipinski definition) is 8. The Morgan fingerprint density at radius 2 is 1.04 bits per heavy atom. The van der Waals surface area contributed by atoms with Gasteiger partial charge in [-0.1, -0.05) is 117 Å². The van der Waals surface area contributed by atoms with Crippen LogP contribution in [-0.4, -0.2) is 25.8 Å². The zero-order chi connectivity index (χ0) is 36.0. The van der Waals surface area contributed by atoms with E-state index in [-0.39, 0.29) is 5.97 Å². The summed E-state index contributed by atoms with van der Waals surface area (Å²) < 4.78 is 22.8. The zero-order valence-corrected chi connectivity index (χ0v) is 35.1. The third-order valence-electron chi connectivity index (χ3n) is 9.69. The molecule has 280 valence electrons.